The van der Waals surface area contributed by atoms with Crippen molar-refractivity contribution < 1.29 is 9.53 Å². The highest BCUT2D eigenvalue weighted by atomic mass is 16.5. The lowest BCUT2D eigenvalue weighted by atomic mass is 10.1. The molecule has 0 unspecified atom stereocenters. The summed E-state index contributed by atoms with van der Waals surface area (Å²) in [5, 5.41) is 0. The van der Waals surface area contributed by atoms with Crippen LogP contribution in [0.3, 0.4) is 0 Å². The van der Waals surface area contributed by atoms with Gasteiger partial charge in [0.2, 0.25) is 0 Å². The summed E-state index contributed by atoms with van der Waals surface area (Å²) < 4.78 is 5.87. The van der Waals surface area contributed by atoms with Crippen molar-refractivity contribution in [3.63, 3.8) is 0 Å². The highest BCUT2D eigenvalue weighted by Crippen LogP contribution is 2.28. The smallest absolute Gasteiger partial charge is 0.189 e. The Balaban J connectivity index is 1.52. The molecule has 2 nitrogen and oxygen atoms in total. The van der Waals surface area contributed by atoms with Gasteiger partial charge >= 0.3 is 0 Å². The summed E-state index contributed by atoms with van der Waals surface area (Å²) in [6.45, 7) is 0.533. The van der Waals surface area contributed by atoms with Crippen LogP contribution in [0.4, 0.5) is 0 Å². The van der Waals surface area contributed by atoms with E-state index in [1.165, 1.54) is 0 Å². The second-order valence-corrected chi connectivity index (χ2v) is 6.18. The molecule has 3 aromatic rings. The minimum Gasteiger partial charge on any atom is -0.489 e. The van der Waals surface area contributed by atoms with Gasteiger partial charge in [0.15, 0.2) is 5.78 Å². The van der Waals surface area contributed by atoms with Crippen LogP contribution < -0.4 is 4.74 Å². The number of carbonyl (C=O) groups excluding carboxylic acids is 1. The summed E-state index contributed by atoms with van der Waals surface area (Å²) in [4.78, 5) is 12.5. The number of rotatable bonds is 4. The lowest BCUT2D eigenvalue weighted by molar-refractivity contribution is 0.104. The Morgan fingerprint density at radius 3 is 2.52 bits per heavy atom. The normalized spacial score (nSPS) is 14.6. The molecule has 0 bridgehead atoms. The van der Waals surface area contributed by atoms with Gasteiger partial charge < -0.3 is 4.74 Å². The molecule has 0 atom stereocenters. The van der Waals surface area contributed by atoms with Crippen LogP contribution in [0.5, 0.6) is 5.75 Å². The Labute approximate surface area is 147 Å². The van der Waals surface area contributed by atoms with Gasteiger partial charge in [-0.05, 0) is 34.9 Å². The molecule has 0 fully saturated rings. The summed E-state index contributed by atoms with van der Waals surface area (Å²) in [5.74, 6) is 0.937. The van der Waals surface area contributed by atoms with E-state index in [1.807, 2.05) is 84.9 Å². The third-order valence-corrected chi connectivity index (χ3v) is 4.38. The summed E-state index contributed by atoms with van der Waals surface area (Å²) in [7, 11) is 0. The Morgan fingerprint density at radius 1 is 0.880 bits per heavy atom. The summed E-state index contributed by atoms with van der Waals surface area (Å²) in [6, 6.07) is 25.8. The summed E-state index contributed by atoms with van der Waals surface area (Å²) >= 11 is 0. The number of hydrogen-bond acceptors (Lipinski definition) is 2. The molecule has 0 heterocycles. The second kappa shape index (κ2) is 6.78. The molecule has 25 heavy (non-hydrogen) atoms. The summed E-state index contributed by atoms with van der Waals surface area (Å²) in [5.41, 5.74) is 4.89. The van der Waals surface area contributed by atoms with E-state index >= 15 is 0 Å². The van der Waals surface area contributed by atoms with Crippen molar-refractivity contribution in [3.8, 4) is 5.75 Å². The van der Waals surface area contributed by atoms with Crippen LogP contribution in [0.2, 0.25) is 0 Å². The number of ether oxygens (including phenoxy) is 1. The monoisotopic (exact) mass is 326 g/mol. The predicted molar refractivity (Wildman–Crippen MR) is 99.7 cm³/mol. The van der Waals surface area contributed by atoms with E-state index in [2.05, 4.69) is 0 Å². The third kappa shape index (κ3) is 3.38. The van der Waals surface area contributed by atoms with Crippen molar-refractivity contribution in [2.45, 2.75) is 13.0 Å². The predicted octanol–water partition coefficient (Wildman–Crippen LogP) is 5.09. The molecule has 1 aliphatic carbocycles. The van der Waals surface area contributed by atoms with Crippen molar-refractivity contribution in [2.75, 3.05) is 0 Å². The first-order valence-corrected chi connectivity index (χ1v) is 8.39. The van der Waals surface area contributed by atoms with E-state index in [0.29, 0.717) is 13.0 Å². The lowest BCUT2D eigenvalue weighted by Crippen LogP contribution is -1.96. The number of ketones is 1. The van der Waals surface area contributed by atoms with E-state index in [0.717, 1.165) is 33.6 Å². The highest BCUT2D eigenvalue weighted by molar-refractivity contribution is 6.15. The quantitative estimate of drug-likeness (QED) is 0.624. The molecule has 2 heteroatoms. The molecule has 0 radical (unpaired) electrons. The maximum Gasteiger partial charge on any atom is 0.189 e. The zero-order chi connectivity index (χ0) is 17.1. The van der Waals surface area contributed by atoms with E-state index in [9.17, 15) is 4.79 Å². The number of carbonyl (C=O) groups is 1. The maximum absolute atomic E-state index is 12.5. The van der Waals surface area contributed by atoms with Crippen LogP contribution in [-0.4, -0.2) is 5.78 Å². The van der Waals surface area contributed by atoms with Gasteiger partial charge in [0.1, 0.15) is 12.4 Å². The molecule has 0 N–H and O–H groups in total. The average molecular weight is 326 g/mol. The number of Topliss-reactive ketones (excluding diaryl/α,β-unsaturated/α-hetero) is 1. The number of fused-ring (bicyclic) bond motifs is 1. The molecular formula is C23H18O2. The van der Waals surface area contributed by atoms with Gasteiger partial charge in [-0.2, -0.15) is 0 Å². The first kappa shape index (κ1) is 15.4. The number of hydrogen-bond donors (Lipinski definition) is 0. The van der Waals surface area contributed by atoms with Gasteiger partial charge in [-0.25, -0.2) is 0 Å². The molecule has 0 amide bonds. The van der Waals surface area contributed by atoms with Crippen LogP contribution in [0, 0.1) is 0 Å². The van der Waals surface area contributed by atoms with Gasteiger partial charge in [-0.1, -0.05) is 66.7 Å². The second-order valence-electron chi connectivity index (χ2n) is 6.18. The highest BCUT2D eigenvalue weighted by Gasteiger charge is 2.23. The molecule has 1 aliphatic rings. The molecule has 4 rings (SSSR count). The molecule has 0 aliphatic heterocycles. The van der Waals surface area contributed by atoms with Gasteiger partial charge in [0.25, 0.3) is 0 Å². The number of benzene rings is 3. The van der Waals surface area contributed by atoms with Gasteiger partial charge in [-0.15, -0.1) is 0 Å². The lowest BCUT2D eigenvalue weighted by Gasteiger charge is -2.07. The van der Waals surface area contributed by atoms with Crippen LogP contribution in [0.15, 0.2) is 84.4 Å². The van der Waals surface area contributed by atoms with Crippen molar-refractivity contribution >= 4 is 11.9 Å². The van der Waals surface area contributed by atoms with Crippen LogP contribution in [0.1, 0.15) is 27.0 Å². The topological polar surface area (TPSA) is 26.3 Å². The fourth-order valence-electron chi connectivity index (χ4n) is 3.11. The Bertz CT molecular complexity index is 939. The van der Waals surface area contributed by atoms with Gasteiger partial charge in [0.05, 0.1) is 0 Å². The standard InChI is InChI=1S/C23H18O2/c24-23-20(15-19-10-4-5-12-22(19)23)13-18-9-6-11-21(14-18)25-16-17-7-2-1-3-8-17/h1-14H,15-16H2/b20-13+. The van der Waals surface area contributed by atoms with Gasteiger partial charge in [-0.3, -0.25) is 4.79 Å². The van der Waals surface area contributed by atoms with Crippen molar-refractivity contribution in [2.24, 2.45) is 0 Å². The average Bonchev–Trinajstić information content (AvgIpc) is 2.97. The molecule has 3 aromatic carbocycles. The molecule has 0 spiro atoms. The zero-order valence-corrected chi connectivity index (χ0v) is 13.8. The van der Waals surface area contributed by atoms with Crippen molar-refractivity contribution in [1.82, 2.24) is 0 Å². The third-order valence-electron chi connectivity index (χ3n) is 4.38. The molecule has 122 valence electrons. The fraction of sp³-hybridized carbons (Fsp3) is 0.0870. The van der Waals surface area contributed by atoms with Crippen LogP contribution in [0.25, 0.3) is 6.08 Å². The van der Waals surface area contributed by atoms with Crippen LogP contribution in [-0.2, 0) is 13.0 Å². The molecule has 0 aromatic heterocycles. The van der Waals surface area contributed by atoms with E-state index in [1.54, 1.807) is 0 Å². The minimum absolute atomic E-state index is 0.131. The Morgan fingerprint density at radius 2 is 1.68 bits per heavy atom. The zero-order valence-electron chi connectivity index (χ0n) is 13.8. The van der Waals surface area contributed by atoms with Crippen molar-refractivity contribution in [3.05, 3.63) is 107 Å². The van der Waals surface area contributed by atoms with E-state index in [-0.39, 0.29) is 5.78 Å². The Kier molecular flexibility index (Phi) is 4.17. The molecule has 0 saturated carbocycles. The largest absolute Gasteiger partial charge is 0.489 e. The van der Waals surface area contributed by atoms with Crippen molar-refractivity contribution in [1.29, 1.82) is 0 Å². The molecular weight excluding hydrogens is 308 g/mol. The van der Waals surface area contributed by atoms with Gasteiger partial charge in [0, 0.05) is 17.6 Å². The van der Waals surface area contributed by atoms with E-state index < -0.39 is 0 Å². The van der Waals surface area contributed by atoms with Crippen LogP contribution >= 0.6 is 0 Å². The Hall–Kier alpha value is -3.13. The number of allylic oxidation sites excluding steroid dienone is 1. The first-order valence-electron chi connectivity index (χ1n) is 8.39. The fourth-order valence-corrected chi connectivity index (χ4v) is 3.11. The maximum atomic E-state index is 12.5. The summed E-state index contributed by atoms with van der Waals surface area (Å²) in [6.07, 6.45) is 2.67. The minimum atomic E-state index is 0.131. The van der Waals surface area contributed by atoms with E-state index in [4.69, 9.17) is 4.74 Å². The molecule has 0 saturated heterocycles. The SMILES string of the molecule is O=C1/C(=C/c2cccc(OCc3ccccc3)c2)Cc2ccccc21. The first-order chi connectivity index (χ1) is 12.3.